The number of ether oxygens (including phenoxy) is 1. The first-order valence-corrected chi connectivity index (χ1v) is 14.1. The van der Waals surface area contributed by atoms with Crippen LogP contribution in [0.2, 0.25) is 0 Å². The van der Waals surface area contributed by atoms with Crippen LogP contribution in [0.4, 0.5) is 4.79 Å². The Bertz CT molecular complexity index is 1450. The number of nitrogens with one attached hydrogen (secondary N) is 1. The fourth-order valence-electron chi connectivity index (χ4n) is 5.46. The molecule has 196 valence electrons. The highest BCUT2D eigenvalue weighted by molar-refractivity contribution is 7.91. The number of aryl methyl sites for hydroxylation is 1. The predicted molar refractivity (Wildman–Crippen MR) is 141 cm³/mol. The topological polar surface area (TPSA) is 99.8 Å². The summed E-state index contributed by atoms with van der Waals surface area (Å²) in [4.78, 5) is 33.2. The first-order valence-electron chi connectivity index (χ1n) is 12.6. The molecule has 0 saturated carbocycles. The molecular formula is C28H33N3O5S. The normalized spacial score (nSPS) is 21.2. The van der Waals surface area contributed by atoms with Crippen molar-refractivity contribution in [1.82, 2.24) is 14.8 Å². The van der Waals surface area contributed by atoms with Crippen molar-refractivity contribution in [3.63, 3.8) is 0 Å². The third-order valence-corrected chi connectivity index (χ3v) is 9.39. The van der Waals surface area contributed by atoms with Crippen molar-refractivity contribution in [3.8, 4) is 0 Å². The minimum atomic E-state index is -3.97. The van der Waals surface area contributed by atoms with Gasteiger partial charge in [-0.15, -0.1) is 0 Å². The number of para-hydroxylation sites is 1. The second-order valence-electron chi connectivity index (χ2n) is 11.2. The zero-order valence-electron chi connectivity index (χ0n) is 21.7. The van der Waals surface area contributed by atoms with E-state index in [4.69, 9.17) is 4.74 Å². The number of sulfone groups is 1. The molecule has 0 radical (unpaired) electrons. The monoisotopic (exact) mass is 523 g/mol. The van der Waals surface area contributed by atoms with Gasteiger partial charge in [0.05, 0.1) is 10.3 Å². The molecule has 8 nitrogen and oxygen atoms in total. The van der Waals surface area contributed by atoms with Crippen molar-refractivity contribution in [2.24, 2.45) is 5.41 Å². The molecule has 3 aromatic rings. The fourth-order valence-corrected chi connectivity index (χ4v) is 7.30. The van der Waals surface area contributed by atoms with Gasteiger partial charge in [0.25, 0.3) is 0 Å². The Labute approximate surface area is 217 Å². The molecule has 1 spiro atoms. The van der Waals surface area contributed by atoms with Crippen molar-refractivity contribution in [1.29, 1.82) is 0 Å². The van der Waals surface area contributed by atoms with Gasteiger partial charge in [-0.1, -0.05) is 35.9 Å². The summed E-state index contributed by atoms with van der Waals surface area (Å²) < 4.78 is 33.8. The van der Waals surface area contributed by atoms with Crippen molar-refractivity contribution in [2.45, 2.75) is 56.4 Å². The zero-order chi connectivity index (χ0) is 26.6. The highest BCUT2D eigenvalue weighted by Gasteiger charge is 2.55. The smallest absolute Gasteiger partial charge is 0.410 e. The van der Waals surface area contributed by atoms with Gasteiger partial charge in [-0.05, 0) is 58.7 Å². The van der Waals surface area contributed by atoms with Crippen LogP contribution in [0.15, 0.2) is 59.6 Å². The summed E-state index contributed by atoms with van der Waals surface area (Å²) in [6.07, 6.45) is 2.21. The minimum Gasteiger partial charge on any atom is -0.444 e. The number of carbonyl (C=O) groups is 2. The third kappa shape index (κ3) is 4.50. The summed E-state index contributed by atoms with van der Waals surface area (Å²) in [5.41, 5.74) is 0.848. The van der Waals surface area contributed by atoms with E-state index in [1.807, 2.05) is 31.2 Å². The maximum atomic E-state index is 14.2. The highest BCUT2D eigenvalue weighted by Crippen LogP contribution is 2.47. The van der Waals surface area contributed by atoms with Crippen LogP contribution in [0, 0.1) is 12.3 Å². The van der Waals surface area contributed by atoms with Gasteiger partial charge in [0, 0.05) is 42.3 Å². The lowest BCUT2D eigenvalue weighted by Gasteiger charge is -2.30. The Hall–Kier alpha value is -3.33. The van der Waals surface area contributed by atoms with E-state index >= 15 is 0 Å². The van der Waals surface area contributed by atoms with Gasteiger partial charge in [0.1, 0.15) is 5.60 Å². The van der Waals surface area contributed by atoms with Crippen molar-refractivity contribution in [2.75, 3.05) is 19.6 Å². The van der Waals surface area contributed by atoms with Crippen LogP contribution in [0.3, 0.4) is 0 Å². The molecule has 2 fully saturated rings. The van der Waals surface area contributed by atoms with Gasteiger partial charge in [0.15, 0.2) is 5.37 Å². The predicted octanol–water partition coefficient (Wildman–Crippen LogP) is 4.81. The standard InChI is InChI=1S/C28H33N3O5S/c1-19-9-11-20(12-10-19)37(34,35)24(22-17-29-23-8-6-5-7-21(22)23)31-16-14-28(25(31)32)13-15-30(18-28)26(33)36-27(2,3)4/h5-12,17,24,29H,13-16,18H2,1-4H3. The summed E-state index contributed by atoms with van der Waals surface area (Å²) in [6.45, 7) is 8.23. The second-order valence-corrected chi connectivity index (χ2v) is 13.2. The quantitative estimate of drug-likeness (QED) is 0.529. The zero-order valence-corrected chi connectivity index (χ0v) is 22.5. The van der Waals surface area contributed by atoms with E-state index in [0.717, 1.165) is 16.5 Å². The lowest BCUT2D eigenvalue weighted by Crippen LogP contribution is -2.42. The van der Waals surface area contributed by atoms with Crippen LogP contribution in [-0.4, -0.2) is 60.4 Å². The van der Waals surface area contributed by atoms with Gasteiger partial charge in [-0.2, -0.15) is 0 Å². The number of aromatic nitrogens is 1. The van der Waals surface area contributed by atoms with Crippen molar-refractivity contribution >= 4 is 32.7 Å². The van der Waals surface area contributed by atoms with E-state index in [2.05, 4.69) is 4.98 Å². The Morgan fingerprint density at radius 3 is 2.43 bits per heavy atom. The molecule has 2 aliphatic rings. The van der Waals surface area contributed by atoms with Gasteiger partial charge >= 0.3 is 6.09 Å². The molecule has 0 aliphatic carbocycles. The number of likely N-dealkylation sites (tertiary alicyclic amines) is 2. The summed E-state index contributed by atoms with van der Waals surface area (Å²) >= 11 is 0. The summed E-state index contributed by atoms with van der Waals surface area (Å²) in [6, 6.07) is 14.2. The number of fused-ring (bicyclic) bond motifs is 1. The molecule has 2 amide bonds. The maximum Gasteiger partial charge on any atom is 0.410 e. The van der Waals surface area contributed by atoms with E-state index in [0.29, 0.717) is 24.9 Å². The first kappa shape index (κ1) is 25.3. The fraction of sp³-hybridized carbons (Fsp3) is 0.429. The molecule has 2 aromatic carbocycles. The molecule has 5 rings (SSSR count). The van der Waals surface area contributed by atoms with Crippen LogP contribution in [-0.2, 0) is 19.4 Å². The average Bonchev–Trinajstić information content (AvgIpc) is 3.53. The maximum absolute atomic E-state index is 14.2. The van der Waals surface area contributed by atoms with Gasteiger partial charge in [0.2, 0.25) is 15.7 Å². The number of H-pyrrole nitrogens is 1. The van der Waals surface area contributed by atoms with Crippen LogP contribution in [0.1, 0.15) is 50.1 Å². The lowest BCUT2D eigenvalue weighted by atomic mass is 9.85. The molecule has 2 saturated heterocycles. The summed E-state index contributed by atoms with van der Waals surface area (Å²) in [5.74, 6) is -0.232. The number of benzene rings is 2. The minimum absolute atomic E-state index is 0.170. The largest absolute Gasteiger partial charge is 0.444 e. The van der Waals surface area contributed by atoms with Crippen LogP contribution in [0.25, 0.3) is 10.9 Å². The number of carbonyl (C=O) groups excluding carboxylic acids is 2. The van der Waals surface area contributed by atoms with E-state index in [1.165, 1.54) is 4.90 Å². The molecule has 1 N–H and O–H groups in total. The van der Waals surface area contributed by atoms with Gasteiger partial charge in [-0.25, -0.2) is 13.2 Å². The van der Waals surface area contributed by atoms with Gasteiger partial charge < -0.3 is 19.5 Å². The number of hydrogen-bond donors (Lipinski definition) is 1. The number of nitrogens with zero attached hydrogens (tertiary/aromatic N) is 2. The second kappa shape index (κ2) is 8.90. The van der Waals surface area contributed by atoms with Crippen LogP contribution >= 0.6 is 0 Å². The molecule has 2 unspecified atom stereocenters. The SMILES string of the molecule is Cc1ccc(S(=O)(=O)C(c2c[nH]c3ccccc23)N2CCC3(CCN(C(=O)OC(C)(C)C)C3)C2=O)cc1. The number of rotatable bonds is 4. The van der Waals surface area contributed by atoms with Crippen LogP contribution < -0.4 is 0 Å². The number of hydrogen-bond acceptors (Lipinski definition) is 5. The molecule has 9 heteroatoms. The molecule has 3 heterocycles. The highest BCUT2D eigenvalue weighted by atomic mass is 32.2. The van der Waals surface area contributed by atoms with Crippen molar-refractivity contribution < 1.29 is 22.7 Å². The molecule has 1 aromatic heterocycles. The van der Waals surface area contributed by atoms with E-state index in [9.17, 15) is 18.0 Å². The first-order chi connectivity index (χ1) is 17.4. The van der Waals surface area contributed by atoms with E-state index in [1.54, 1.807) is 56.1 Å². The molecule has 2 aliphatic heterocycles. The number of amides is 2. The van der Waals surface area contributed by atoms with Crippen molar-refractivity contribution in [3.05, 3.63) is 65.9 Å². The van der Waals surface area contributed by atoms with E-state index < -0.39 is 32.3 Å². The third-order valence-electron chi connectivity index (χ3n) is 7.37. The summed E-state index contributed by atoms with van der Waals surface area (Å²) in [5, 5.41) is -0.424. The molecule has 0 bridgehead atoms. The average molecular weight is 524 g/mol. The number of aromatic amines is 1. The molecule has 37 heavy (non-hydrogen) atoms. The Balaban J connectivity index is 1.52. The lowest BCUT2D eigenvalue weighted by molar-refractivity contribution is -0.136. The van der Waals surface area contributed by atoms with Gasteiger partial charge in [-0.3, -0.25) is 4.79 Å². The molecule has 2 atom stereocenters. The van der Waals surface area contributed by atoms with E-state index in [-0.39, 0.29) is 23.9 Å². The molecular weight excluding hydrogens is 490 g/mol. The summed E-state index contributed by atoms with van der Waals surface area (Å²) in [7, 11) is -3.97. The Morgan fingerprint density at radius 2 is 1.73 bits per heavy atom. The van der Waals surface area contributed by atoms with Crippen LogP contribution in [0.5, 0.6) is 0 Å². The Morgan fingerprint density at radius 1 is 1.05 bits per heavy atom. The Kier molecular flexibility index (Phi) is 6.09.